The maximum absolute atomic E-state index is 3.68. The van der Waals surface area contributed by atoms with Crippen molar-refractivity contribution >= 4 is 0 Å². The molecule has 1 atom stereocenters. The lowest BCUT2D eigenvalue weighted by molar-refractivity contribution is 0.141. The van der Waals surface area contributed by atoms with E-state index in [2.05, 4.69) is 45.0 Å². The summed E-state index contributed by atoms with van der Waals surface area (Å²) in [5.41, 5.74) is 0.377. The molecule has 1 aliphatic rings. The van der Waals surface area contributed by atoms with Crippen LogP contribution in [-0.2, 0) is 0 Å². The second-order valence-electron chi connectivity index (χ2n) is 6.46. The van der Waals surface area contributed by atoms with Gasteiger partial charge in [-0.2, -0.15) is 0 Å². The molecule has 0 spiro atoms. The average molecular weight is 226 g/mol. The van der Waals surface area contributed by atoms with Crippen LogP contribution in [0.5, 0.6) is 0 Å². The summed E-state index contributed by atoms with van der Waals surface area (Å²) in [5.74, 6) is 0. The van der Waals surface area contributed by atoms with Crippen molar-refractivity contribution in [3.63, 3.8) is 0 Å². The normalized spacial score (nSPS) is 20.6. The largest absolute Gasteiger partial charge is 0.313 e. The van der Waals surface area contributed by atoms with Gasteiger partial charge in [-0.05, 0) is 32.2 Å². The third kappa shape index (κ3) is 4.42. The van der Waals surface area contributed by atoms with Crippen LogP contribution in [0, 0.1) is 5.41 Å². The van der Waals surface area contributed by atoms with Gasteiger partial charge >= 0.3 is 0 Å². The smallest absolute Gasteiger partial charge is 0.0113 e. The molecule has 0 radical (unpaired) electrons. The van der Waals surface area contributed by atoms with Crippen LogP contribution in [0.15, 0.2) is 0 Å². The number of rotatable bonds is 5. The first-order valence-corrected chi connectivity index (χ1v) is 6.85. The summed E-state index contributed by atoms with van der Waals surface area (Å²) < 4.78 is 0. The van der Waals surface area contributed by atoms with Gasteiger partial charge in [0.2, 0.25) is 0 Å². The van der Waals surface area contributed by atoms with Gasteiger partial charge in [0.15, 0.2) is 0 Å². The lowest BCUT2D eigenvalue weighted by atomic mass is 9.87. The minimum atomic E-state index is 0.377. The van der Waals surface area contributed by atoms with Crippen LogP contribution in [0.25, 0.3) is 0 Å². The molecule has 0 aromatic heterocycles. The van der Waals surface area contributed by atoms with E-state index in [1.807, 2.05) is 0 Å². The van der Waals surface area contributed by atoms with Crippen LogP contribution < -0.4 is 5.32 Å². The van der Waals surface area contributed by atoms with Crippen LogP contribution in [0.1, 0.15) is 53.4 Å². The molecule has 0 aromatic carbocycles. The summed E-state index contributed by atoms with van der Waals surface area (Å²) in [6.45, 7) is 11.6. The van der Waals surface area contributed by atoms with Crippen molar-refractivity contribution in [2.24, 2.45) is 5.41 Å². The van der Waals surface area contributed by atoms with Crippen molar-refractivity contribution in [3.8, 4) is 0 Å². The zero-order valence-electron chi connectivity index (χ0n) is 11.8. The van der Waals surface area contributed by atoms with Crippen molar-refractivity contribution in [2.75, 3.05) is 20.1 Å². The Balaban J connectivity index is 2.16. The van der Waals surface area contributed by atoms with Gasteiger partial charge in [0.1, 0.15) is 0 Å². The molecule has 0 amide bonds. The third-order valence-electron chi connectivity index (χ3n) is 4.17. The molecule has 0 bridgehead atoms. The molecule has 1 rings (SSSR count). The molecule has 1 aliphatic carbocycles. The highest BCUT2D eigenvalue weighted by atomic mass is 15.1. The second kappa shape index (κ2) is 6.02. The summed E-state index contributed by atoms with van der Waals surface area (Å²) in [7, 11) is 2.24. The van der Waals surface area contributed by atoms with Crippen molar-refractivity contribution < 1.29 is 0 Å². The molecule has 1 N–H and O–H groups in total. The van der Waals surface area contributed by atoms with Gasteiger partial charge in [0.25, 0.3) is 0 Å². The number of hydrogen-bond donors (Lipinski definition) is 1. The van der Waals surface area contributed by atoms with Crippen molar-refractivity contribution in [1.82, 2.24) is 10.2 Å². The molecule has 16 heavy (non-hydrogen) atoms. The van der Waals surface area contributed by atoms with E-state index in [-0.39, 0.29) is 0 Å². The maximum atomic E-state index is 3.68. The SMILES string of the molecule is CC(N(C)CCNC1CCCC1)C(C)(C)C. The van der Waals surface area contributed by atoms with Crippen molar-refractivity contribution in [1.29, 1.82) is 0 Å². The fourth-order valence-corrected chi connectivity index (χ4v) is 2.43. The van der Waals surface area contributed by atoms with Gasteiger partial charge in [0.05, 0.1) is 0 Å². The predicted molar refractivity (Wildman–Crippen MR) is 71.8 cm³/mol. The average Bonchev–Trinajstić information content (AvgIpc) is 2.67. The minimum Gasteiger partial charge on any atom is -0.313 e. The zero-order valence-corrected chi connectivity index (χ0v) is 11.8. The Labute approximate surface area is 102 Å². The molecule has 0 saturated heterocycles. The Kier molecular flexibility index (Phi) is 5.26. The first-order chi connectivity index (χ1) is 7.41. The van der Waals surface area contributed by atoms with Gasteiger partial charge in [-0.15, -0.1) is 0 Å². The van der Waals surface area contributed by atoms with Gasteiger partial charge in [-0.1, -0.05) is 33.6 Å². The standard InChI is InChI=1S/C14H30N2/c1-12(14(2,3)4)16(5)11-10-15-13-8-6-7-9-13/h12-13,15H,6-11H2,1-5H3. The van der Waals surface area contributed by atoms with Crippen LogP contribution in [0.3, 0.4) is 0 Å². The number of hydrogen-bond acceptors (Lipinski definition) is 2. The second-order valence-corrected chi connectivity index (χ2v) is 6.46. The van der Waals surface area contributed by atoms with E-state index in [0.29, 0.717) is 11.5 Å². The molecule has 0 aromatic rings. The van der Waals surface area contributed by atoms with Crippen molar-refractivity contribution in [3.05, 3.63) is 0 Å². The lowest BCUT2D eigenvalue weighted by Crippen LogP contribution is -2.43. The van der Waals surface area contributed by atoms with Gasteiger partial charge in [-0.25, -0.2) is 0 Å². The van der Waals surface area contributed by atoms with Gasteiger partial charge in [0, 0.05) is 25.2 Å². The molecule has 0 heterocycles. The minimum absolute atomic E-state index is 0.377. The van der Waals surface area contributed by atoms with E-state index in [4.69, 9.17) is 0 Å². The monoisotopic (exact) mass is 226 g/mol. The first kappa shape index (κ1) is 14.0. The molecule has 1 unspecified atom stereocenters. The van der Waals surface area contributed by atoms with Gasteiger partial charge < -0.3 is 10.2 Å². The van der Waals surface area contributed by atoms with Crippen LogP contribution >= 0.6 is 0 Å². The van der Waals surface area contributed by atoms with Crippen LogP contribution in [0.4, 0.5) is 0 Å². The fourth-order valence-electron chi connectivity index (χ4n) is 2.43. The Morgan fingerprint density at radius 1 is 1.25 bits per heavy atom. The van der Waals surface area contributed by atoms with E-state index in [1.54, 1.807) is 0 Å². The molecule has 2 heteroatoms. The molecule has 1 saturated carbocycles. The molecular weight excluding hydrogens is 196 g/mol. The highest BCUT2D eigenvalue weighted by Gasteiger charge is 2.23. The topological polar surface area (TPSA) is 15.3 Å². The predicted octanol–water partition coefficient (Wildman–Crippen LogP) is 2.89. The highest BCUT2D eigenvalue weighted by Crippen LogP contribution is 2.22. The summed E-state index contributed by atoms with van der Waals surface area (Å²) >= 11 is 0. The number of nitrogens with one attached hydrogen (secondary N) is 1. The third-order valence-corrected chi connectivity index (χ3v) is 4.17. The molecule has 0 aliphatic heterocycles. The quantitative estimate of drug-likeness (QED) is 0.775. The molecule has 1 fully saturated rings. The number of nitrogens with zero attached hydrogens (tertiary/aromatic N) is 1. The summed E-state index contributed by atoms with van der Waals surface area (Å²) in [6.07, 6.45) is 5.62. The summed E-state index contributed by atoms with van der Waals surface area (Å²) in [5, 5.41) is 3.68. The van der Waals surface area contributed by atoms with E-state index in [9.17, 15) is 0 Å². The Morgan fingerprint density at radius 3 is 2.31 bits per heavy atom. The first-order valence-electron chi connectivity index (χ1n) is 6.85. The summed E-state index contributed by atoms with van der Waals surface area (Å²) in [6, 6.07) is 1.44. The Hall–Kier alpha value is -0.0800. The fraction of sp³-hybridized carbons (Fsp3) is 1.00. The van der Waals surface area contributed by atoms with Crippen LogP contribution in [-0.4, -0.2) is 37.1 Å². The summed E-state index contributed by atoms with van der Waals surface area (Å²) in [4.78, 5) is 2.47. The van der Waals surface area contributed by atoms with Crippen LogP contribution in [0.2, 0.25) is 0 Å². The van der Waals surface area contributed by atoms with E-state index >= 15 is 0 Å². The molecular formula is C14H30N2. The van der Waals surface area contributed by atoms with E-state index < -0.39 is 0 Å². The zero-order chi connectivity index (χ0) is 12.2. The maximum Gasteiger partial charge on any atom is 0.0113 e. The van der Waals surface area contributed by atoms with Gasteiger partial charge in [-0.3, -0.25) is 0 Å². The Bertz CT molecular complexity index is 189. The Morgan fingerprint density at radius 2 is 1.81 bits per heavy atom. The van der Waals surface area contributed by atoms with E-state index in [1.165, 1.54) is 25.7 Å². The van der Waals surface area contributed by atoms with Crippen molar-refractivity contribution in [2.45, 2.75) is 65.5 Å². The number of likely N-dealkylation sites (N-methyl/N-ethyl adjacent to an activating group) is 1. The lowest BCUT2D eigenvalue weighted by Gasteiger charge is -2.35. The molecule has 2 nitrogen and oxygen atoms in total. The molecule has 96 valence electrons. The van der Waals surface area contributed by atoms with E-state index in [0.717, 1.165) is 19.1 Å². The highest BCUT2D eigenvalue weighted by molar-refractivity contribution is 4.79.